The van der Waals surface area contributed by atoms with Crippen LogP contribution in [-0.4, -0.2) is 12.4 Å². The van der Waals surface area contributed by atoms with E-state index >= 15 is 0 Å². The zero-order valence-electron chi connectivity index (χ0n) is 11.3. The molecule has 0 saturated carbocycles. The van der Waals surface area contributed by atoms with Crippen LogP contribution in [0.1, 0.15) is 11.1 Å². The van der Waals surface area contributed by atoms with Crippen LogP contribution in [0.5, 0.6) is 5.75 Å². The normalized spacial score (nSPS) is 10.4. The number of aryl methyl sites for hydroxylation is 2. The second-order valence-corrected chi connectivity index (χ2v) is 5.68. The number of benzene rings is 2. The lowest BCUT2D eigenvalue weighted by molar-refractivity contribution is 0.343. The molecule has 2 aromatic rings. The summed E-state index contributed by atoms with van der Waals surface area (Å²) in [5, 5.41) is 0. The molecule has 2 N–H and O–H groups in total. The zero-order valence-corrected chi connectivity index (χ0v) is 12.2. The highest BCUT2D eigenvalue weighted by molar-refractivity contribution is 7.99. The number of thioether (sulfide) groups is 1. The van der Waals surface area contributed by atoms with E-state index in [9.17, 15) is 0 Å². The highest BCUT2D eigenvalue weighted by Crippen LogP contribution is 2.24. The minimum absolute atomic E-state index is 0.706. The van der Waals surface area contributed by atoms with E-state index in [0.717, 1.165) is 17.2 Å². The predicted octanol–water partition coefficient (Wildman–Crippen LogP) is 4.06. The van der Waals surface area contributed by atoms with E-state index < -0.39 is 0 Å². The lowest BCUT2D eigenvalue weighted by Crippen LogP contribution is -2.00. The molecule has 0 saturated heterocycles. The third-order valence-electron chi connectivity index (χ3n) is 2.80. The van der Waals surface area contributed by atoms with Crippen molar-refractivity contribution in [3.63, 3.8) is 0 Å². The minimum Gasteiger partial charge on any atom is -0.493 e. The van der Waals surface area contributed by atoms with Crippen molar-refractivity contribution in [1.82, 2.24) is 0 Å². The number of hydrogen-bond acceptors (Lipinski definition) is 3. The molecule has 0 heterocycles. The van der Waals surface area contributed by atoms with Crippen LogP contribution in [0, 0.1) is 13.8 Å². The summed E-state index contributed by atoms with van der Waals surface area (Å²) in [5.41, 5.74) is 9.00. The largest absolute Gasteiger partial charge is 0.493 e. The number of nitrogens with two attached hydrogens (primary N) is 1. The summed E-state index contributed by atoms with van der Waals surface area (Å²) in [5.74, 6) is 1.87. The molecule has 0 aliphatic carbocycles. The molecule has 0 amide bonds. The van der Waals surface area contributed by atoms with Gasteiger partial charge in [-0.3, -0.25) is 0 Å². The third kappa shape index (κ3) is 4.21. The van der Waals surface area contributed by atoms with Gasteiger partial charge in [-0.1, -0.05) is 12.1 Å². The van der Waals surface area contributed by atoms with Crippen LogP contribution in [-0.2, 0) is 0 Å². The van der Waals surface area contributed by atoms with E-state index in [0.29, 0.717) is 6.61 Å². The van der Waals surface area contributed by atoms with Gasteiger partial charge in [0.25, 0.3) is 0 Å². The van der Waals surface area contributed by atoms with E-state index in [-0.39, 0.29) is 0 Å². The Morgan fingerprint density at radius 3 is 2.68 bits per heavy atom. The molecule has 0 spiro atoms. The van der Waals surface area contributed by atoms with E-state index in [4.69, 9.17) is 10.5 Å². The molecule has 2 nitrogen and oxygen atoms in total. The third-order valence-corrected chi connectivity index (χ3v) is 3.94. The summed E-state index contributed by atoms with van der Waals surface area (Å²) in [7, 11) is 0. The molecular weight excluding hydrogens is 254 g/mol. The van der Waals surface area contributed by atoms with Crippen LogP contribution >= 0.6 is 11.8 Å². The van der Waals surface area contributed by atoms with E-state index in [1.165, 1.54) is 16.0 Å². The molecule has 0 aliphatic heterocycles. The van der Waals surface area contributed by atoms with E-state index in [1.54, 1.807) is 11.8 Å². The monoisotopic (exact) mass is 273 g/mol. The van der Waals surface area contributed by atoms with Crippen LogP contribution in [0.2, 0.25) is 0 Å². The van der Waals surface area contributed by atoms with Crippen LogP contribution in [0.25, 0.3) is 0 Å². The number of ether oxygens (including phenoxy) is 1. The first-order chi connectivity index (χ1) is 9.15. The van der Waals surface area contributed by atoms with Crippen LogP contribution in [0.4, 0.5) is 5.69 Å². The molecule has 0 unspecified atom stereocenters. The van der Waals surface area contributed by atoms with Gasteiger partial charge in [-0.2, -0.15) is 0 Å². The van der Waals surface area contributed by atoms with Crippen molar-refractivity contribution in [2.75, 3.05) is 18.1 Å². The molecule has 2 rings (SSSR count). The maximum Gasteiger partial charge on any atom is 0.119 e. The average molecular weight is 273 g/mol. The van der Waals surface area contributed by atoms with Gasteiger partial charge in [-0.05, 0) is 55.3 Å². The maximum atomic E-state index is 5.74. The Hall–Kier alpha value is -1.61. The van der Waals surface area contributed by atoms with Crippen molar-refractivity contribution < 1.29 is 4.74 Å². The van der Waals surface area contributed by atoms with E-state index in [2.05, 4.69) is 32.0 Å². The Labute approximate surface area is 119 Å². The molecule has 100 valence electrons. The van der Waals surface area contributed by atoms with Gasteiger partial charge in [-0.15, -0.1) is 11.8 Å². The molecule has 0 radical (unpaired) electrons. The zero-order chi connectivity index (χ0) is 13.7. The molecule has 0 aliphatic rings. The lowest BCUT2D eigenvalue weighted by Gasteiger charge is -2.08. The second kappa shape index (κ2) is 6.53. The summed E-state index contributed by atoms with van der Waals surface area (Å²) in [6.07, 6.45) is 0. The summed E-state index contributed by atoms with van der Waals surface area (Å²) in [6, 6.07) is 14.1. The Kier molecular flexibility index (Phi) is 4.74. The first-order valence-electron chi connectivity index (χ1n) is 6.33. The summed E-state index contributed by atoms with van der Waals surface area (Å²) in [6.45, 7) is 4.86. The molecule has 2 aromatic carbocycles. The van der Waals surface area contributed by atoms with Crippen molar-refractivity contribution in [2.45, 2.75) is 18.7 Å². The Balaban J connectivity index is 1.81. The van der Waals surface area contributed by atoms with Crippen molar-refractivity contribution in [3.8, 4) is 5.75 Å². The standard InChI is InChI=1S/C16H19NOS/c1-12-4-3-5-15(10-12)18-8-9-19-16-7-6-14(17)11-13(16)2/h3-7,10-11H,8-9,17H2,1-2H3. The van der Waals surface area contributed by atoms with Crippen molar-refractivity contribution in [3.05, 3.63) is 53.6 Å². The number of hydrogen-bond donors (Lipinski definition) is 1. The predicted molar refractivity (Wildman–Crippen MR) is 83.0 cm³/mol. The molecule has 0 aromatic heterocycles. The van der Waals surface area contributed by atoms with Gasteiger partial charge < -0.3 is 10.5 Å². The Bertz CT molecular complexity index is 554. The SMILES string of the molecule is Cc1cccc(OCCSc2ccc(N)cc2C)c1. The highest BCUT2D eigenvalue weighted by atomic mass is 32.2. The van der Waals surface area contributed by atoms with Crippen LogP contribution in [0.15, 0.2) is 47.4 Å². The molecule has 0 bridgehead atoms. The highest BCUT2D eigenvalue weighted by Gasteiger charge is 2.00. The van der Waals surface area contributed by atoms with Crippen LogP contribution < -0.4 is 10.5 Å². The summed E-state index contributed by atoms with van der Waals surface area (Å²) in [4.78, 5) is 1.27. The van der Waals surface area contributed by atoms with Gasteiger partial charge in [0.1, 0.15) is 5.75 Å². The smallest absolute Gasteiger partial charge is 0.119 e. The topological polar surface area (TPSA) is 35.2 Å². The van der Waals surface area contributed by atoms with Gasteiger partial charge in [0.05, 0.1) is 6.61 Å². The van der Waals surface area contributed by atoms with E-state index in [1.807, 2.05) is 24.3 Å². The molecule has 3 heteroatoms. The quantitative estimate of drug-likeness (QED) is 0.507. The molecule has 0 atom stereocenters. The fourth-order valence-electron chi connectivity index (χ4n) is 1.85. The Morgan fingerprint density at radius 2 is 1.95 bits per heavy atom. The minimum atomic E-state index is 0.706. The fourth-order valence-corrected chi connectivity index (χ4v) is 2.69. The fraction of sp³-hybridized carbons (Fsp3) is 0.250. The second-order valence-electron chi connectivity index (χ2n) is 4.54. The summed E-state index contributed by atoms with van der Waals surface area (Å²) >= 11 is 1.80. The number of nitrogen functional groups attached to an aromatic ring is 1. The number of rotatable bonds is 5. The molecule has 0 fully saturated rings. The molecular formula is C16H19NOS. The van der Waals surface area contributed by atoms with Crippen molar-refractivity contribution in [1.29, 1.82) is 0 Å². The summed E-state index contributed by atoms with van der Waals surface area (Å²) < 4.78 is 5.73. The molecule has 19 heavy (non-hydrogen) atoms. The van der Waals surface area contributed by atoms with Crippen molar-refractivity contribution in [2.24, 2.45) is 0 Å². The first-order valence-corrected chi connectivity index (χ1v) is 7.32. The van der Waals surface area contributed by atoms with Gasteiger partial charge in [0, 0.05) is 16.3 Å². The van der Waals surface area contributed by atoms with Crippen LogP contribution in [0.3, 0.4) is 0 Å². The average Bonchev–Trinajstić information content (AvgIpc) is 2.37. The maximum absolute atomic E-state index is 5.74. The van der Waals surface area contributed by atoms with Crippen molar-refractivity contribution >= 4 is 17.4 Å². The van der Waals surface area contributed by atoms with Gasteiger partial charge in [0.15, 0.2) is 0 Å². The Morgan fingerprint density at radius 1 is 1.11 bits per heavy atom. The number of anilines is 1. The van der Waals surface area contributed by atoms with Gasteiger partial charge >= 0.3 is 0 Å². The van der Waals surface area contributed by atoms with Gasteiger partial charge in [-0.25, -0.2) is 0 Å². The first kappa shape index (κ1) is 13.8. The lowest BCUT2D eigenvalue weighted by atomic mass is 10.2. The van der Waals surface area contributed by atoms with Gasteiger partial charge in [0.2, 0.25) is 0 Å².